The van der Waals surface area contributed by atoms with Crippen LogP contribution < -0.4 is 0 Å². The molecule has 1 heteroatoms. The summed E-state index contributed by atoms with van der Waals surface area (Å²) in [6, 6.07) is 9.95. The molecule has 0 unspecified atom stereocenters. The lowest BCUT2D eigenvalue weighted by atomic mass is 10.0. The van der Waals surface area contributed by atoms with Crippen LogP contribution in [0.5, 0.6) is 0 Å². The molecule has 1 nitrogen and oxygen atoms in total. The van der Waals surface area contributed by atoms with E-state index in [9.17, 15) is 0 Å². The molecule has 0 heterocycles. The molecule has 0 N–H and O–H groups in total. The van der Waals surface area contributed by atoms with Crippen LogP contribution in [0, 0.1) is 17.2 Å². The molecule has 0 amide bonds. The third-order valence-electron chi connectivity index (χ3n) is 1.70. The maximum atomic E-state index is 8.65. The SMILES string of the molecule is CC.CC(C)Cc1cccc(C#N)c1. The highest BCUT2D eigenvalue weighted by atomic mass is 14.2. The number of hydrogen-bond acceptors (Lipinski definition) is 1. The lowest BCUT2D eigenvalue weighted by Gasteiger charge is -2.03. The molecule has 1 aromatic rings. The summed E-state index contributed by atoms with van der Waals surface area (Å²) in [5, 5.41) is 8.65. The Morgan fingerprint density at radius 2 is 1.93 bits per heavy atom. The molecule has 1 rings (SSSR count). The Bertz CT molecular complexity index is 294. The molecular formula is C13H19N. The average molecular weight is 189 g/mol. The predicted octanol–water partition coefficient (Wildman–Crippen LogP) is 3.78. The van der Waals surface area contributed by atoms with E-state index in [1.165, 1.54) is 5.56 Å². The van der Waals surface area contributed by atoms with Crippen LogP contribution in [0.25, 0.3) is 0 Å². The fraction of sp³-hybridized carbons (Fsp3) is 0.462. The molecule has 0 aliphatic carbocycles. The summed E-state index contributed by atoms with van der Waals surface area (Å²) in [5.74, 6) is 0.652. The summed E-state index contributed by atoms with van der Waals surface area (Å²) in [7, 11) is 0. The van der Waals surface area contributed by atoms with E-state index in [1.807, 2.05) is 32.0 Å². The van der Waals surface area contributed by atoms with Crippen LogP contribution in [0.3, 0.4) is 0 Å². The molecule has 0 fully saturated rings. The van der Waals surface area contributed by atoms with Gasteiger partial charge in [-0.1, -0.05) is 39.8 Å². The summed E-state index contributed by atoms with van der Waals surface area (Å²) in [5.41, 5.74) is 2.01. The van der Waals surface area contributed by atoms with Crippen molar-refractivity contribution in [2.75, 3.05) is 0 Å². The largest absolute Gasteiger partial charge is 0.192 e. The maximum Gasteiger partial charge on any atom is 0.0991 e. The zero-order valence-corrected chi connectivity index (χ0v) is 9.54. The molecule has 76 valence electrons. The van der Waals surface area contributed by atoms with Gasteiger partial charge in [-0.25, -0.2) is 0 Å². The summed E-state index contributed by atoms with van der Waals surface area (Å²) in [6.07, 6.45) is 1.05. The fourth-order valence-electron chi connectivity index (χ4n) is 1.24. The molecule has 0 radical (unpaired) electrons. The first-order valence-electron chi connectivity index (χ1n) is 5.21. The van der Waals surface area contributed by atoms with Crippen molar-refractivity contribution in [3.63, 3.8) is 0 Å². The molecular weight excluding hydrogens is 170 g/mol. The minimum atomic E-state index is 0.652. The van der Waals surface area contributed by atoms with Crippen molar-refractivity contribution >= 4 is 0 Å². The van der Waals surface area contributed by atoms with Crippen LogP contribution in [-0.4, -0.2) is 0 Å². The van der Waals surface area contributed by atoms with Crippen LogP contribution in [0.4, 0.5) is 0 Å². The topological polar surface area (TPSA) is 23.8 Å². The van der Waals surface area contributed by atoms with Crippen LogP contribution in [-0.2, 0) is 6.42 Å². The van der Waals surface area contributed by atoms with Gasteiger partial charge in [0.05, 0.1) is 11.6 Å². The Labute approximate surface area is 87.4 Å². The molecule has 1 aromatic carbocycles. The number of nitrogens with zero attached hydrogens (tertiary/aromatic N) is 1. The Hall–Kier alpha value is -1.29. The fourth-order valence-corrected chi connectivity index (χ4v) is 1.24. The standard InChI is InChI=1S/C11H13N.C2H6/c1-9(2)6-10-4-3-5-11(7-10)8-12;1-2/h3-5,7,9H,6H2,1-2H3;1-2H3. The van der Waals surface area contributed by atoms with Gasteiger partial charge in [0.25, 0.3) is 0 Å². The third-order valence-corrected chi connectivity index (χ3v) is 1.70. The normalized spacial score (nSPS) is 8.86. The smallest absolute Gasteiger partial charge is 0.0991 e. The van der Waals surface area contributed by atoms with Crippen LogP contribution in [0.1, 0.15) is 38.8 Å². The third kappa shape index (κ3) is 4.67. The highest BCUT2D eigenvalue weighted by Gasteiger charge is 1.97. The van der Waals surface area contributed by atoms with Crippen LogP contribution >= 0.6 is 0 Å². The lowest BCUT2D eigenvalue weighted by molar-refractivity contribution is 0.647. The summed E-state index contributed by atoms with van der Waals surface area (Å²) >= 11 is 0. The Morgan fingerprint density at radius 3 is 2.43 bits per heavy atom. The zero-order valence-electron chi connectivity index (χ0n) is 9.54. The highest BCUT2D eigenvalue weighted by Crippen LogP contribution is 2.09. The molecule has 0 aromatic heterocycles. The van der Waals surface area contributed by atoms with Crippen molar-refractivity contribution in [2.24, 2.45) is 5.92 Å². The molecule has 0 atom stereocenters. The predicted molar refractivity (Wildman–Crippen MR) is 61.0 cm³/mol. The van der Waals surface area contributed by atoms with Gasteiger partial charge in [0.15, 0.2) is 0 Å². The Balaban J connectivity index is 0.000000791. The highest BCUT2D eigenvalue weighted by molar-refractivity contribution is 5.32. The van der Waals surface area contributed by atoms with E-state index < -0.39 is 0 Å². The van der Waals surface area contributed by atoms with Gasteiger partial charge in [0, 0.05) is 0 Å². The quantitative estimate of drug-likeness (QED) is 0.694. The lowest BCUT2D eigenvalue weighted by Crippen LogP contribution is -1.93. The monoisotopic (exact) mass is 189 g/mol. The summed E-state index contributed by atoms with van der Waals surface area (Å²) < 4.78 is 0. The van der Waals surface area contributed by atoms with Crippen LogP contribution in [0.15, 0.2) is 24.3 Å². The van der Waals surface area contributed by atoms with E-state index in [0.717, 1.165) is 12.0 Å². The van der Waals surface area contributed by atoms with E-state index in [0.29, 0.717) is 5.92 Å². The molecule has 0 spiro atoms. The summed E-state index contributed by atoms with van der Waals surface area (Å²) in [6.45, 7) is 8.36. The van der Waals surface area contributed by atoms with Gasteiger partial charge in [0.2, 0.25) is 0 Å². The van der Waals surface area contributed by atoms with E-state index >= 15 is 0 Å². The van der Waals surface area contributed by atoms with Gasteiger partial charge >= 0.3 is 0 Å². The van der Waals surface area contributed by atoms with Gasteiger partial charge in [-0.15, -0.1) is 0 Å². The van der Waals surface area contributed by atoms with Crippen molar-refractivity contribution < 1.29 is 0 Å². The number of rotatable bonds is 2. The second-order valence-electron chi connectivity index (χ2n) is 3.41. The molecule has 0 saturated carbocycles. The van der Waals surface area contributed by atoms with E-state index in [4.69, 9.17) is 5.26 Å². The van der Waals surface area contributed by atoms with Crippen molar-refractivity contribution in [1.29, 1.82) is 5.26 Å². The van der Waals surface area contributed by atoms with Crippen LogP contribution in [0.2, 0.25) is 0 Å². The summed E-state index contributed by atoms with van der Waals surface area (Å²) in [4.78, 5) is 0. The first-order valence-corrected chi connectivity index (χ1v) is 5.21. The Kier molecular flexibility index (Phi) is 6.49. The van der Waals surface area contributed by atoms with Gasteiger partial charge in [-0.05, 0) is 30.0 Å². The molecule has 0 aliphatic heterocycles. The van der Waals surface area contributed by atoms with Crippen molar-refractivity contribution in [3.05, 3.63) is 35.4 Å². The average Bonchev–Trinajstić information content (AvgIpc) is 2.20. The zero-order chi connectivity index (χ0) is 11.0. The van der Waals surface area contributed by atoms with Crippen molar-refractivity contribution in [2.45, 2.75) is 34.1 Å². The Morgan fingerprint density at radius 1 is 1.29 bits per heavy atom. The van der Waals surface area contributed by atoms with Crippen molar-refractivity contribution in [1.82, 2.24) is 0 Å². The number of benzene rings is 1. The number of nitriles is 1. The minimum Gasteiger partial charge on any atom is -0.192 e. The second kappa shape index (κ2) is 7.15. The van der Waals surface area contributed by atoms with Gasteiger partial charge in [0.1, 0.15) is 0 Å². The minimum absolute atomic E-state index is 0.652. The van der Waals surface area contributed by atoms with Gasteiger partial charge < -0.3 is 0 Å². The second-order valence-corrected chi connectivity index (χ2v) is 3.41. The molecule has 0 bridgehead atoms. The molecule has 0 saturated heterocycles. The number of hydrogen-bond donors (Lipinski definition) is 0. The first-order chi connectivity index (χ1) is 6.72. The van der Waals surface area contributed by atoms with Crippen molar-refractivity contribution in [3.8, 4) is 6.07 Å². The van der Waals surface area contributed by atoms with E-state index in [1.54, 1.807) is 0 Å². The maximum absolute atomic E-state index is 8.65. The van der Waals surface area contributed by atoms with Gasteiger partial charge in [-0.3, -0.25) is 0 Å². The molecule has 0 aliphatic rings. The van der Waals surface area contributed by atoms with E-state index in [2.05, 4.69) is 26.0 Å². The molecule has 14 heavy (non-hydrogen) atoms. The van der Waals surface area contributed by atoms with E-state index in [-0.39, 0.29) is 0 Å². The van der Waals surface area contributed by atoms with Gasteiger partial charge in [-0.2, -0.15) is 5.26 Å². The first kappa shape index (κ1) is 12.7.